The van der Waals surface area contributed by atoms with E-state index in [4.69, 9.17) is 5.73 Å². The third-order valence-electron chi connectivity index (χ3n) is 4.31. The van der Waals surface area contributed by atoms with Crippen molar-refractivity contribution in [2.75, 3.05) is 0 Å². The van der Waals surface area contributed by atoms with Crippen LogP contribution in [0, 0.1) is 11.8 Å². The largest absolute Gasteiger partial charge is 0.327 e. The van der Waals surface area contributed by atoms with Gasteiger partial charge in [-0.05, 0) is 36.2 Å². The lowest BCUT2D eigenvalue weighted by atomic mass is 9.70. The maximum atomic E-state index is 6.42. The summed E-state index contributed by atoms with van der Waals surface area (Å²) in [6.45, 7) is 4.50. The number of hydrogen-bond donors (Lipinski definition) is 1. The molecule has 17 heavy (non-hydrogen) atoms. The van der Waals surface area contributed by atoms with Gasteiger partial charge in [-0.3, -0.25) is 0 Å². The molecule has 0 radical (unpaired) electrons. The fourth-order valence-electron chi connectivity index (χ4n) is 3.23. The minimum absolute atomic E-state index is 0.348. The van der Waals surface area contributed by atoms with Crippen molar-refractivity contribution in [1.82, 2.24) is 0 Å². The van der Waals surface area contributed by atoms with Crippen LogP contribution in [0.3, 0.4) is 0 Å². The van der Waals surface area contributed by atoms with E-state index in [2.05, 4.69) is 44.2 Å². The highest BCUT2D eigenvalue weighted by molar-refractivity contribution is 5.21. The monoisotopic (exact) mass is 231 g/mol. The van der Waals surface area contributed by atoms with E-state index >= 15 is 0 Å². The van der Waals surface area contributed by atoms with E-state index in [0.717, 1.165) is 0 Å². The van der Waals surface area contributed by atoms with Crippen LogP contribution in [-0.4, -0.2) is 6.04 Å². The molecule has 2 N–H and O–H groups in total. The van der Waals surface area contributed by atoms with Gasteiger partial charge in [-0.2, -0.15) is 0 Å². The van der Waals surface area contributed by atoms with Crippen LogP contribution in [0.5, 0.6) is 0 Å². The van der Waals surface area contributed by atoms with Crippen molar-refractivity contribution < 1.29 is 0 Å². The van der Waals surface area contributed by atoms with Crippen LogP contribution in [0.1, 0.15) is 51.0 Å². The highest BCUT2D eigenvalue weighted by Crippen LogP contribution is 2.40. The Labute approximate surface area is 105 Å². The first-order chi connectivity index (χ1) is 8.20. The average molecular weight is 231 g/mol. The Hall–Kier alpha value is -0.820. The lowest BCUT2D eigenvalue weighted by Crippen LogP contribution is -2.39. The van der Waals surface area contributed by atoms with Crippen LogP contribution in [0.4, 0.5) is 0 Å². The number of rotatable bonds is 3. The van der Waals surface area contributed by atoms with Crippen molar-refractivity contribution in [1.29, 1.82) is 0 Å². The SMILES string of the molecule is CC(C)C(N)C1CCCCC1c1ccccc1. The molecule has 1 nitrogen and oxygen atoms in total. The van der Waals surface area contributed by atoms with Gasteiger partial charge in [0.2, 0.25) is 0 Å². The maximum Gasteiger partial charge on any atom is 0.00962 e. The van der Waals surface area contributed by atoms with Crippen molar-refractivity contribution in [2.24, 2.45) is 17.6 Å². The third-order valence-corrected chi connectivity index (χ3v) is 4.31. The topological polar surface area (TPSA) is 26.0 Å². The van der Waals surface area contributed by atoms with Gasteiger partial charge in [0.1, 0.15) is 0 Å². The summed E-state index contributed by atoms with van der Waals surface area (Å²) < 4.78 is 0. The lowest BCUT2D eigenvalue weighted by molar-refractivity contribution is 0.227. The standard InChI is InChI=1S/C16H25N/c1-12(2)16(17)15-11-7-6-10-14(15)13-8-4-3-5-9-13/h3-5,8-9,12,14-16H,6-7,10-11,17H2,1-2H3. The first-order valence-electron chi connectivity index (χ1n) is 7.00. The van der Waals surface area contributed by atoms with Crippen molar-refractivity contribution in [2.45, 2.75) is 51.5 Å². The van der Waals surface area contributed by atoms with E-state index in [1.807, 2.05) is 0 Å². The smallest absolute Gasteiger partial charge is 0.00962 e. The first-order valence-corrected chi connectivity index (χ1v) is 7.00. The Kier molecular flexibility index (Phi) is 4.22. The fraction of sp³-hybridized carbons (Fsp3) is 0.625. The minimum Gasteiger partial charge on any atom is -0.327 e. The maximum absolute atomic E-state index is 6.42. The first kappa shape index (κ1) is 12.6. The van der Waals surface area contributed by atoms with Gasteiger partial charge >= 0.3 is 0 Å². The van der Waals surface area contributed by atoms with E-state index in [-0.39, 0.29) is 0 Å². The molecule has 1 saturated carbocycles. The number of nitrogens with two attached hydrogens (primary N) is 1. The van der Waals surface area contributed by atoms with Gasteiger partial charge in [-0.25, -0.2) is 0 Å². The van der Waals surface area contributed by atoms with E-state index in [0.29, 0.717) is 23.8 Å². The minimum atomic E-state index is 0.348. The summed E-state index contributed by atoms with van der Waals surface area (Å²) in [4.78, 5) is 0. The summed E-state index contributed by atoms with van der Waals surface area (Å²) in [6.07, 6.45) is 5.34. The molecule has 0 heterocycles. The molecule has 1 aliphatic rings. The Morgan fingerprint density at radius 2 is 1.71 bits per heavy atom. The Morgan fingerprint density at radius 1 is 1.06 bits per heavy atom. The van der Waals surface area contributed by atoms with Gasteiger partial charge in [-0.1, -0.05) is 57.0 Å². The van der Waals surface area contributed by atoms with Crippen LogP contribution in [-0.2, 0) is 0 Å². The molecule has 1 aromatic rings. The van der Waals surface area contributed by atoms with Crippen LogP contribution in [0.25, 0.3) is 0 Å². The van der Waals surface area contributed by atoms with Gasteiger partial charge < -0.3 is 5.73 Å². The van der Waals surface area contributed by atoms with Crippen molar-refractivity contribution in [3.05, 3.63) is 35.9 Å². The second-order valence-corrected chi connectivity index (χ2v) is 5.79. The second kappa shape index (κ2) is 5.68. The molecule has 3 atom stereocenters. The van der Waals surface area contributed by atoms with Crippen molar-refractivity contribution >= 4 is 0 Å². The van der Waals surface area contributed by atoms with Crippen LogP contribution >= 0.6 is 0 Å². The summed E-state index contributed by atoms with van der Waals surface area (Å²) in [7, 11) is 0. The molecule has 1 aromatic carbocycles. The van der Waals surface area contributed by atoms with Crippen LogP contribution in [0.15, 0.2) is 30.3 Å². The van der Waals surface area contributed by atoms with Gasteiger partial charge in [0.05, 0.1) is 0 Å². The van der Waals surface area contributed by atoms with E-state index in [1.165, 1.54) is 31.2 Å². The second-order valence-electron chi connectivity index (χ2n) is 5.79. The highest BCUT2D eigenvalue weighted by Gasteiger charge is 2.31. The molecule has 0 amide bonds. The Balaban J connectivity index is 2.18. The molecule has 1 fully saturated rings. The molecule has 0 aliphatic heterocycles. The molecule has 0 aromatic heterocycles. The van der Waals surface area contributed by atoms with Crippen LogP contribution in [0.2, 0.25) is 0 Å². The molecule has 3 unspecified atom stereocenters. The Morgan fingerprint density at radius 3 is 2.35 bits per heavy atom. The summed E-state index contributed by atoms with van der Waals surface area (Å²) in [5, 5.41) is 0. The summed E-state index contributed by atoms with van der Waals surface area (Å²) in [5.74, 6) is 1.94. The summed E-state index contributed by atoms with van der Waals surface area (Å²) in [6, 6.07) is 11.3. The van der Waals surface area contributed by atoms with Crippen LogP contribution < -0.4 is 5.73 Å². The van der Waals surface area contributed by atoms with Crippen molar-refractivity contribution in [3.8, 4) is 0 Å². The highest BCUT2D eigenvalue weighted by atomic mass is 14.7. The molecule has 1 aliphatic carbocycles. The summed E-state index contributed by atoms with van der Waals surface area (Å²) in [5.41, 5.74) is 7.91. The molecule has 2 rings (SSSR count). The zero-order chi connectivity index (χ0) is 12.3. The third kappa shape index (κ3) is 2.90. The molecule has 0 bridgehead atoms. The van der Waals surface area contributed by atoms with Gasteiger partial charge in [-0.15, -0.1) is 0 Å². The van der Waals surface area contributed by atoms with Crippen molar-refractivity contribution in [3.63, 3.8) is 0 Å². The number of benzene rings is 1. The average Bonchev–Trinajstić information content (AvgIpc) is 2.39. The predicted molar refractivity (Wildman–Crippen MR) is 74.0 cm³/mol. The molecule has 0 spiro atoms. The van der Waals surface area contributed by atoms with Gasteiger partial charge in [0.25, 0.3) is 0 Å². The fourth-order valence-corrected chi connectivity index (χ4v) is 3.23. The molecule has 94 valence electrons. The van der Waals surface area contributed by atoms with E-state index in [9.17, 15) is 0 Å². The lowest BCUT2D eigenvalue weighted by Gasteiger charge is -2.37. The van der Waals surface area contributed by atoms with E-state index in [1.54, 1.807) is 0 Å². The molecule has 0 saturated heterocycles. The predicted octanol–water partition coefficient (Wildman–Crippen LogP) is 3.94. The summed E-state index contributed by atoms with van der Waals surface area (Å²) >= 11 is 0. The molecule has 1 heteroatoms. The Bertz CT molecular complexity index is 331. The molecular formula is C16H25N. The van der Waals surface area contributed by atoms with Gasteiger partial charge in [0, 0.05) is 6.04 Å². The molecular weight excluding hydrogens is 206 g/mol. The quantitative estimate of drug-likeness (QED) is 0.837. The number of hydrogen-bond acceptors (Lipinski definition) is 1. The zero-order valence-electron chi connectivity index (χ0n) is 11.1. The van der Waals surface area contributed by atoms with E-state index < -0.39 is 0 Å². The zero-order valence-corrected chi connectivity index (χ0v) is 11.1. The normalized spacial score (nSPS) is 27.1. The van der Waals surface area contributed by atoms with Gasteiger partial charge in [0.15, 0.2) is 0 Å².